The molecule has 0 radical (unpaired) electrons. The topological polar surface area (TPSA) is 96.0 Å². The third-order valence-corrected chi connectivity index (χ3v) is 3.11. The number of hydrogen-bond donors (Lipinski definition) is 2. The van der Waals surface area contributed by atoms with E-state index in [1.807, 2.05) is 6.92 Å². The summed E-state index contributed by atoms with van der Waals surface area (Å²) in [5.41, 5.74) is 7.61. The average molecular weight is 239 g/mol. The molecule has 0 bridgehead atoms. The van der Waals surface area contributed by atoms with E-state index in [0.717, 1.165) is 12.0 Å². The Morgan fingerprint density at radius 2 is 2.19 bits per heavy atom. The van der Waals surface area contributed by atoms with E-state index in [-0.39, 0.29) is 0 Å². The van der Waals surface area contributed by atoms with Crippen LogP contribution in [0.1, 0.15) is 12.5 Å². The predicted octanol–water partition coefficient (Wildman–Crippen LogP) is 1.10. The average Bonchev–Trinajstić information content (AvgIpc) is 2.17. The van der Waals surface area contributed by atoms with Crippen molar-refractivity contribution < 1.29 is 8.42 Å². The second-order valence-corrected chi connectivity index (χ2v) is 5.01. The fourth-order valence-electron chi connectivity index (χ4n) is 1.28. The molecule has 3 N–H and O–H groups in total. The van der Waals surface area contributed by atoms with Gasteiger partial charge in [-0.15, -0.1) is 0 Å². The molecule has 0 spiro atoms. The highest BCUT2D eigenvalue weighted by molar-refractivity contribution is 7.92. The molecule has 0 unspecified atom stereocenters. The van der Waals surface area contributed by atoms with Crippen LogP contribution < -0.4 is 10.5 Å². The molecule has 0 aliphatic heterocycles. The Hall–Kier alpha value is -1.74. The number of nitrogens with one attached hydrogen (secondary N) is 1. The Bertz CT molecular complexity index is 517. The van der Waals surface area contributed by atoms with Gasteiger partial charge in [-0.2, -0.15) is 5.26 Å². The molecule has 6 heteroatoms. The Labute approximate surface area is 94.9 Å². The quantitative estimate of drug-likeness (QED) is 0.769. The van der Waals surface area contributed by atoms with Crippen LogP contribution in [0.25, 0.3) is 0 Å². The lowest BCUT2D eigenvalue weighted by Crippen LogP contribution is -2.15. The normalized spacial score (nSPS) is 10.8. The number of rotatable bonds is 4. The zero-order valence-corrected chi connectivity index (χ0v) is 9.71. The molecule has 0 aromatic heterocycles. The molecule has 0 fully saturated rings. The van der Waals surface area contributed by atoms with Gasteiger partial charge in [-0.25, -0.2) is 8.42 Å². The highest BCUT2D eigenvalue weighted by Crippen LogP contribution is 2.19. The number of benzene rings is 1. The third kappa shape index (κ3) is 3.14. The first-order valence-corrected chi connectivity index (χ1v) is 6.39. The predicted molar refractivity (Wildman–Crippen MR) is 63.3 cm³/mol. The number of anilines is 2. The van der Waals surface area contributed by atoms with E-state index in [0.29, 0.717) is 11.4 Å². The van der Waals surface area contributed by atoms with Crippen LogP contribution in [-0.4, -0.2) is 14.2 Å². The number of nitrogens with zero attached hydrogens (tertiary/aromatic N) is 1. The molecule has 1 aromatic carbocycles. The van der Waals surface area contributed by atoms with E-state index < -0.39 is 15.8 Å². The second-order valence-electron chi connectivity index (χ2n) is 3.29. The van der Waals surface area contributed by atoms with Gasteiger partial charge in [-0.3, -0.25) is 4.72 Å². The number of nitrogens with two attached hydrogens (primary N) is 1. The number of nitriles is 1. The Balaban J connectivity index is 2.92. The molecule has 16 heavy (non-hydrogen) atoms. The minimum absolute atomic E-state index is 0.380. The lowest BCUT2D eigenvalue weighted by Gasteiger charge is -2.08. The van der Waals surface area contributed by atoms with Crippen molar-refractivity contribution in [3.8, 4) is 6.07 Å². The van der Waals surface area contributed by atoms with Crippen molar-refractivity contribution in [1.82, 2.24) is 0 Å². The van der Waals surface area contributed by atoms with E-state index in [2.05, 4.69) is 4.72 Å². The van der Waals surface area contributed by atoms with Crippen LogP contribution in [0, 0.1) is 11.3 Å². The Kier molecular flexibility index (Phi) is 3.74. The van der Waals surface area contributed by atoms with Crippen LogP contribution in [0.15, 0.2) is 18.2 Å². The molecule has 86 valence electrons. The van der Waals surface area contributed by atoms with Gasteiger partial charge in [-0.1, -0.05) is 13.0 Å². The van der Waals surface area contributed by atoms with E-state index in [4.69, 9.17) is 11.0 Å². The van der Waals surface area contributed by atoms with Crippen LogP contribution in [0.4, 0.5) is 11.4 Å². The van der Waals surface area contributed by atoms with Gasteiger partial charge in [0.05, 0.1) is 11.8 Å². The zero-order chi connectivity index (χ0) is 12.2. The van der Waals surface area contributed by atoms with Crippen molar-refractivity contribution in [2.24, 2.45) is 0 Å². The summed E-state index contributed by atoms with van der Waals surface area (Å²) in [6, 6.07) is 6.53. The summed E-state index contributed by atoms with van der Waals surface area (Å²) in [4.78, 5) is 0. The lowest BCUT2D eigenvalue weighted by atomic mass is 10.1. The third-order valence-electron chi connectivity index (χ3n) is 2.05. The monoisotopic (exact) mass is 239 g/mol. The molecule has 0 amide bonds. The summed E-state index contributed by atoms with van der Waals surface area (Å²) in [5.74, 6) is -0.567. The van der Waals surface area contributed by atoms with Gasteiger partial charge in [0.15, 0.2) is 5.75 Å². The van der Waals surface area contributed by atoms with Crippen molar-refractivity contribution in [3.63, 3.8) is 0 Å². The summed E-state index contributed by atoms with van der Waals surface area (Å²) in [5, 5.41) is 8.32. The highest BCUT2D eigenvalue weighted by Gasteiger charge is 2.09. The van der Waals surface area contributed by atoms with Gasteiger partial charge in [0.25, 0.3) is 0 Å². The Morgan fingerprint density at radius 3 is 2.69 bits per heavy atom. The van der Waals surface area contributed by atoms with Crippen LogP contribution in [0.2, 0.25) is 0 Å². The van der Waals surface area contributed by atoms with E-state index >= 15 is 0 Å². The first kappa shape index (κ1) is 12.3. The van der Waals surface area contributed by atoms with Gasteiger partial charge in [0.1, 0.15) is 0 Å². The molecular weight excluding hydrogens is 226 g/mol. The number of nitrogen functional groups attached to an aromatic ring is 1. The summed E-state index contributed by atoms with van der Waals surface area (Å²) < 4.78 is 24.9. The van der Waals surface area contributed by atoms with Crippen LogP contribution in [0.3, 0.4) is 0 Å². The van der Waals surface area contributed by atoms with Crippen molar-refractivity contribution in [1.29, 1.82) is 5.26 Å². The molecular formula is C10H13N3O2S. The molecule has 0 saturated carbocycles. The van der Waals surface area contributed by atoms with E-state index in [1.54, 1.807) is 24.3 Å². The minimum atomic E-state index is -3.59. The summed E-state index contributed by atoms with van der Waals surface area (Å²) >= 11 is 0. The molecule has 0 heterocycles. The number of hydrogen-bond acceptors (Lipinski definition) is 4. The van der Waals surface area contributed by atoms with Gasteiger partial charge < -0.3 is 5.73 Å². The summed E-state index contributed by atoms with van der Waals surface area (Å²) in [6.07, 6.45) is 0.789. The standard InChI is InChI=1S/C10H13N3O2S/c1-2-8-3-4-9(7-10(8)12)13-16(14,15)6-5-11/h3-4,7,13H,2,6,12H2,1H3. The maximum atomic E-state index is 11.3. The van der Waals surface area contributed by atoms with Gasteiger partial charge in [-0.05, 0) is 24.1 Å². The number of sulfonamides is 1. The summed E-state index contributed by atoms with van der Waals surface area (Å²) in [6.45, 7) is 1.96. The second kappa shape index (κ2) is 4.86. The SMILES string of the molecule is CCc1ccc(NS(=O)(=O)CC#N)cc1N. The fourth-order valence-corrected chi connectivity index (χ4v) is 2.01. The van der Waals surface area contributed by atoms with Crippen molar-refractivity contribution >= 4 is 21.4 Å². The molecule has 1 rings (SSSR count). The first-order valence-electron chi connectivity index (χ1n) is 4.74. The van der Waals surface area contributed by atoms with Crippen LogP contribution >= 0.6 is 0 Å². The molecule has 0 saturated heterocycles. The smallest absolute Gasteiger partial charge is 0.246 e. The van der Waals surface area contributed by atoms with E-state index in [9.17, 15) is 8.42 Å². The lowest BCUT2D eigenvalue weighted by molar-refractivity contribution is 0.604. The molecule has 0 aliphatic rings. The zero-order valence-electron chi connectivity index (χ0n) is 8.90. The largest absolute Gasteiger partial charge is 0.398 e. The van der Waals surface area contributed by atoms with Crippen LogP contribution in [-0.2, 0) is 16.4 Å². The molecule has 0 atom stereocenters. The highest BCUT2D eigenvalue weighted by atomic mass is 32.2. The molecule has 0 aliphatic carbocycles. The van der Waals surface area contributed by atoms with Crippen LogP contribution in [0.5, 0.6) is 0 Å². The van der Waals surface area contributed by atoms with E-state index in [1.165, 1.54) is 0 Å². The minimum Gasteiger partial charge on any atom is -0.398 e. The fraction of sp³-hybridized carbons (Fsp3) is 0.300. The molecule has 5 nitrogen and oxygen atoms in total. The molecule has 1 aromatic rings. The summed E-state index contributed by atoms with van der Waals surface area (Å²) in [7, 11) is -3.59. The van der Waals surface area contributed by atoms with Gasteiger partial charge >= 0.3 is 0 Å². The van der Waals surface area contributed by atoms with Crippen molar-refractivity contribution in [2.75, 3.05) is 16.2 Å². The van der Waals surface area contributed by atoms with Gasteiger partial charge in [0, 0.05) is 5.69 Å². The van der Waals surface area contributed by atoms with Crippen molar-refractivity contribution in [2.45, 2.75) is 13.3 Å². The van der Waals surface area contributed by atoms with Gasteiger partial charge in [0.2, 0.25) is 10.0 Å². The Morgan fingerprint density at radius 1 is 1.50 bits per heavy atom. The van der Waals surface area contributed by atoms with Crippen molar-refractivity contribution in [3.05, 3.63) is 23.8 Å². The first-order chi connectivity index (χ1) is 7.48. The maximum absolute atomic E-state index is 11.3. The maximum Gasteiger partial charge on any atom is 0.246 e. The number of aryl methyl sites for hydroxylation is 1.